The van der Waals surface area contributed by atoms with Gasteiger partial charge in [-0.1, -0.05) is 0 Å². The molecule has 1 spiro atoms. The Labute approximate surface area is 119 Å². The first-order valence-corrected chi connectivity index (χ1v) is 7.27. The number of pyridine rings is 1. The normalized spacial score (nSPS) is 22.4. The third-order valence-electron chi connectivity index (χ3n) is 4.74. The van der Waals surface area contributed by atoms with E-state index in [9.17, 15) is 4.79 Å². The molecule has 0 unspecified atom stereocenters. The van der Waals surface area contributed by atoms with Crippen LogP contribution >= 0.6 is 0 Å². The Bertz CT molecular complexity index is 508. The third kappa shape index (κ3) is 2.50. The summed E-state index contributed by atoms with van der Waals surface area (Å²) < 4.78 is 0. The van der Waals surface area contributed by atoms with Crippen LogP contribution in [-0.2, 0) is 0 Å². The molecule has 2 saturated heterocycles. The molecule has 0 atom stereocenters. The number of anilines is 1. The molecular formula is C15H22N4O. The van der Waals surface area contributed by atoms with E-state index in [4.69, 9.17) is 5.73 Å². The second kappa shape index (κ2) is 5.05. The highest BCUT2D eigenvalue weighted by molar-refractivity contribution is 5.93. The van der Waals surface area contributed by atoms with Crippen LogP contribution in [0.25, 0.3) is 0 Å². The van der Waals surface area contributed by atoms with E-state index < -0.39 is 0 Å². The Hall–Kier alpha value is -1.62. The van der Waals surface area contributed by atoms with Gasteiger partial charge in [0.15, 0.2) is 0 Å². The molecule has 0 aliphatic carbocycles. The summed E-state index contributed by atoms with van der Waals surface area (Å²) in [6.45, 7) is 4.03. The highest BCUT2D eigenvalue weighted by Crippen LogP contribution is 2.39. The molecular weight excluding hydrogens is 252 g/mol. The topological polar surface area (TPSA) is 62.5 Å². The van der Waals surface area contributed by atoms with Crippen molar-refractivity contribution in [3.63, 3.8) is 0 Å². The van der Waals surface area contributed by atoms with Crippen LogP contribution < -0.4 is 5.73 Å². The molecule has 0 bridgehead atoms. The maximum Gasteiger partial charge on any atom is 0.272 e. The summed E-state index contributed by atoms with van der Waals surface area (Å²) in [7, 11) is 2.18. The summed E-state index contributed by atoms with van der Waals surface area (Å²) in [6.07, 6.45) is 5.07. The minimum absolute atomic E-state index is 0.0125. The molecule has 20 heavy (non-hydrogen) atoms. The van der Waals surface area contributed by atoms with Crippen LogP contribution in [0.2, 0.25) is 0 Å². The maximum atomic E-state index is 12.4. The molecule has 108 valence electrons. The van der Waals surface area contributed by atoms with E-state index in [1.807, 2.05) is 4.90 Å². The molecule has 0 saturated carbocycles. The zero-order chi connectivity index (χ0) is 14.2. The van der Waals surface area contributed by atoms with Gasteiger partial charge in [-0.05, 0) is 50.4 Å². The fraction of sp³-hybridized carbons (Fsp3) is 0.600. The van der Waals surface area contributed by atoms with Crippen LogP contribution in [0.15, 0.2) is 18.3 Å². The molecule has 2 aliphatic heterocycles. The van der Waals surface area contributed by atoms with Gasteiger partial charge < -0.3 is 15.5 Å². The van der Waals surface area contributed by atoms with Crippen LogP contribution in [0.4, 0.5) is 5.69 Å². The Kier molecular flexibility index (Phi) is 3.38. The average molecular weight is 274 g/mol. The highest BCUT2D eigenvalue weighted by Gasteiger charge is 2.40. The lowest BCUT2D eigenvalue weighted by atomic mass is 9.78. The minimum atomic E-state index is 0.0125. The van der Waals surface area contributed by atoms with Crippen molar-refractivity contribution in [3.8, 4) is 0 Å². The number of nitrogen functional groups attached to an aromatic ring is 1. The number of aromatic nitrogens is 1. The van der Waals surface area contributed by atoms with Crippen LogP contribution in [0.3, 0.4) is 0 Å². The molecule has 0 aromatic carbocycles. The van der Waals surface area contributed by atoms with E-state index in [2.05, 4.69) is 16.9 Å². The predicted octanol–water partition coefficient (Wildman–Crippen LogP) is 1.22. The van der Waals surface area contributed by atoms with Gasteiger partial charge in [-0.3, -0.25) is 9.78 Å². The van der Waals surface area contributed by atoms with E-state index in [0.29, 0.717) is 16.8 Å². The lowest BCUT2D eigenvalue weighted by Crippen LogP contribution is -2.44. The number of rotatable bonds is 1. The second-order valence-corrected chi connectivity index (χ2v) is 6.25. The fourth-order valence-corrected chi connectivity index (χ4v) is 3.48. The van der Waals surface area contributed by atoms with Gasteiger partial charge in [-0.2, -0.15) is 0 Å². The molecule has 2 N–H and O–H groups in total. The van der Waals surface area contributed by atoms with Gasteiger partial charge in [0.2, 0.25) is 0 Å². The van der Waals surface area contributed by atoms with Crippen LogP contribution in [0, 0.1) is 5.41 Å². The minimum Gasteiger partial charge on any atom is -0.399 e. The van der Waals surface area contributed by atoms with Gasteiger partial charge in [0.1, 0.15) is 5.69 Å². The summed E-state index contributed by atoms with van der Waals surface area (Å²) in [4.78, 5) is 20.9. The number of piperidine rings is 1. The Morgan fingerprint density at radius 3 is 2.60 bits per heavy atom. The standard InChI is InChI=1S/C15H22N4O/c1-18-7-3-15(11-18)4-8-19(9-5-15)14(20)13-10-12(16)2-6-17-13/h2,6,10H,3-5,7-9,11H2,1H3,(H2,16,17). The Balaban J connectivity index is 1.65. The smallest absolute Gasteiger partial charge is 0.272 e. The summed E-state index contributed by atoms with van der Waals surface area (Å²) in [5.41, 5.74) is 7.21. The van der Waals surface area contributed by atoms with Crippen LogP contribution in [0.1, 0.15) is 29.8 Å². The van der Waals surface area contributed by atoms with E-state index in [0.717, 1.165) is 25.9 Å². The number of amides is 1. The van der Waals surface area contributed by atoms with Gasteiger partial charge >= 0.3 is 0 Å². The third-order valence-corrected chi connectivity index (χ3v) is 4.74. The zero-order valence-electron chi connectivity index (χ0n) is 12.0. The monoisotopic (exact) mass is 274 g/mol. The number of carbonyl (C=O) groups is 1. The second-order valence-electron chi connectivity index (χ2n) is 6.25. The number of carbonyl (C=O) groups excluding carboxylic acids is 1. The zero-order valence-corrected chi connectivity index (χ0v) is 12.0. The van der Waals surface area contributed by atoms with Crippen molar-refractivity contribution in [1.82, 2.24) is 14.8 Å². The van der Waals surface area contributed by atoms with Crippen molar-refractivity contribution < 1.29 is 4.79 Å². The van der Waals surface area contributed by atoms with Gasteiger partial charge in [-0.15, -0.1) is 0 Å². The fourth-order valence-electron chi connectivity index (χ4n) is 3.48. The summed E-state index contributed by atoms with van der Waals surface area (Å²) in [6, 6.07) is 3.37. The summed E-state index contributed by atoms with van der Waals surface area (Å²) >= 11 is 0. The van der Waals surface area contributed by atoms with E-state index in [1.54, 1.807) is 18.3 Å². The molecule has 5 heteroatoms. The largest absolute Gasteiger partial charge is 0.399 e. The first kappa shape index (κ1) is 13.4. The maximum absolute atomic E-state index is 12.4. The molecule has 5 nitrogen and oxygen atoms in total. The first-order chi connectivity index (χ1) is 9.58. The first-order valence-electron chi connectivity index (χ1n) is 7.27. The van der Waals surface area contributed by atoms with Crippen molar-refractivity contribution in [1.29, 1.82) is 0 Å². The van der Waals surface area contributed by atoms with Gasteiger partial charge in [0.25, 0.3) is 5.91 Å². The van der Waals surface area contributed by atoms with Crippen molar-refractivity contribution in [2.75, 3.05) is 39.0 Å². The SMILES string of the molecule is CN1CCC2(CCN(C(=O)c3cc(N)ccn3)CC2)C1. The average Bonchev–Trinajstić information content (AvgIpc) is 2.80. The molecule has 3 rings (SSSR count). The lowest BCUT2D eigenvalue weighted by Gasteiger charge is -2.39. The molecule has 3 heterocycles. The van der Waals surface area contributed by atoms with Crippen LogP contribution in [-0.4, -0.2) is 53.9 Å². The molecule has 2 aliphatic rings. The summed E-state index contributed by atoms with van der Waals surface area (Å²) in [5.74, 6) is 0.0125. The number of hydrogen-bond acceptors (Lipinski definition) is 4. The van der Waals surface area contributed by atoms with Crippen molar-refractivity contribution in [2.24, 2.45) is 5.41 Å². The molecule has 1 aromatic heterocycles. The van der Waals surface area contributed by atoms with E-state index in [1.165, 1.54) is 19.5 Å². The number of nitrogens with zero attached hydrogens (tertiary/aromatic N) is 3. The van der Waals surface area contributed by atoms with Gasteiger partial charge in [0, 0.05) is 31.5 Å². The Morgan fingerprint density at radius 1 is 1.30 bits per heavy atom. The van der Waals surface area contributed by atoms with Gasteiger partial charge in [0.05, 0.1) is 0 Å². The molecule has 0 radical (unpaired) electrons. The van der Waals surface area contributed by atoms with Crippen molar-refractivity contribution in [2.45, 2.75) is 19.3 Å². The van der Waals surface area contributed by atoms with E-state index >= 15 is 0 Å². The Morgan fingerprint density at radius 2 is 2.00 bits per heavy atom. The number of hydrogen-bond donors (Lipinski definition) is 1. The van der Waals surface area contributed by atoms with Crippen molar-refractivity contribution >= 4 is 11.6 Å². The number of nitrogens with two attached hydrogens (primary N) is 1. The van der Waals surface area contributed by atoms with Crippen molar-refractivity contribution in [3.05, 3.63) is 24.0 Å². The predicted molar refractivity (Wildman–Crippen MR) is 78.3 cm³/mol. The molecule has 1 amide bonds. The van der Waals surface area contributed by atoms with Crippen LogP contribution in [0.5, 0.6) is 0 Å². The van der Waals surface area contributed by atoms with E-state index in [-0.39, 0.29) is 5.91 Å². The molecule has 2 fully saturated rings. The highest BCUT2D eigenvalue weighted by atomic mass is 16.2. The number of likely N-dealkylation sites (tertiary alicyclic amines) is 2. The molecule has 1 aromatic rings. The summed E-state index contributed by atoms with van der Waals surface area (Å²) in [5, 5.41) is 0. The lowest BCUT2D eigenvalue weighted by molar-refractivity contribution is 0.0588. The van der Waals surface area contributed by atoms with Gasteiger partial charge in [-0.25, -0.2) is 0 Å². The quantitative estimate of drug-likeness (QED) is 0.836.